The van der Waals surface area contributed by atoms with Gasteiger partial charge in [0.15, 0.2) is 5.13 Å². The molecule has 1 aliphatic rings. The average molecular weight is 373 g/mol. The van der Waals surface area contributed by atoms with Crippen LogP contribution in [0.3, 0.4) is 0 Å². The van der Waals surface area contributed by atoms with Crippen molar-refractivity contribution in [3.8, 4) is 0 Å². The number of aromatic nitrogens is 1. The number of nitrogens with zero attached hydrogens (tertiary/aromatic N) is 3. The zero-order chi connectivity index (χ0) is 18.5. The highest BCUT2D eigenvalue weighted by Crippen LogP contribution is 2.24. The summed E-state index contributed by atoms with van der Waals surface area (Å²) in [6.45, 7) is 3.63. The smallest absolute Gasteiger partial charge is 0.305 e. The number of piperazine rings is 1. The molecule has 0 radical (unpaired) electrons. The highest BCUT2D eigenvalue weighted by Gasteiger charge is 2.20. The van der Waals surface area contributed by atoms with E-state index in [0.29, 0.717) is 12.8 Å². The Morgan fingerprint density at radius 3 is 2.50 bits per heavy atom. The molecule has 2 heterocycles. The minimum atomic E-state index is -0.205. The lowest BCUT2D eigenvalue weighted by Crippen LogP contribution is -2.46. The van der Waals surface area contributed by atoms with E-state index >= 15 is 0 Å². The van der Waals surface area contributed by atoms with Crippen LogP contribution in [-0.2, 0) is 16.0 Å². The summed E-state index contributed by atoms with van der Waals surface area (Å²) in [4.78, 5) is 20.5. The van der Waals surface area contributed by atoms with Crippen LogP contribution in [0, 0.1) is 5.41 Å². The van der Waals surface area contributed by atoms with Crippen LogP contribution in [0.2, 0.25) is 0 Å². The molecule has 3 N–H and O–H groups in total. The third-order valence-electron chi connectivity index (χ3n) is 4.45. The fraction of sp³-hybridized carbons (Fsp3) is 0.389. The van der Waals surface area contributed by atoms with Crippen LogP contribution in [0.1, 0.15) is 17.7 Å². The van der Waals surface area contributed by atoms with E-state index in [1.165, 1.54) is 7.11 Å². The van der Waals surface area contributed by atoms with Gasteiger partial charge in [-0.1, -0.05) is 0 Å². The van der Waals surface area contributed by atoms with E-state index in [2.05, 4.69) is 19.5 Å². The quantitative estimate of drug-likeness (QED) is 0.456. The third kappa shape index (κ3) is 4.32. The summed E-state index contributed by atoms with van der Waals surface area (Å²) in [5.74, 6) is -0.114. The van der Waals surface area contributed by atoms with Gasteiger partial charge < -0.3 is 20.3 Å². The molecule has 2 aromatic rings. The van der Waals surface area contributed by atoms with Gasteiger partial charge in [-0.3, -0.25) is 10.2 Å². The zero-order valence-corrected chi connectivity index (χ0v) is 15.6. The normalized spacial score (nSPS) is 14.3. The summed E-state index contributed by atoms with van der Waals surface area (Å²) in [5.41, 5.74) is 8.34. The molecule has 138 valence electrons. The van der Waals surface area contributed by atoms with Gasteiger partial charge in [-0.25, -0.2) is 4.98 Å². The van der Waals surface area contributed by atoms with Gasteiger partial charge in [0.05, 0.1) is 19.2 Å². The van der Waals surface area contributed by atoms with Gasteiger partial charge in [-0.15, -0.1) is 11.3 Å². The molecule has 0 unspecified atom stereocenters. The molecular formula is C18H23N5O2S. The highest BCUT2D eigenvalue weighted by molar-refractivity contribution is 7.13. The Labute approximate surface area is 156 Å². The van der Waals surface area contributed by atoms with Crippen LogP contribution in [-0.4, -0.2) is 50.1 Å². The molecule has 1 aromatic heterocycles. The fourth-order valence-corrected chi connectivity index (χ4v) is 3.81. The number of rotatable bonds is 6. The second-order valence-corrected chi connectivity index (χ2v) is 6.97. The number of nitrogen functional groups attached to an aromatic ring is 1. The lowest BCUT2D eigenvalue weighted by atomic mass is 10.1. The first-order valence-electron chi connectivity index (χ1n) is 8.52. The second kappa shape index (κ2) is 8.18. The molecule has 1 fully saturated rings. The lowest BCUT2D eigenvalue weighted by Gasteiger charge is -2.36. The van der Waals surface area contributed by atoms with Crippen LogP contribution in [0.15, 0.2) is 29.6 Å². The molecule has 7 nitrogen and oxygen atoms in total. The van der Waals surface area contributed by atoms with Crippen molar-refractivity contribution in [3.05, 3.63) is 40.9 Å². The number of ether oxygens (including phenoxy) is 1. The van der Waals surface area contributed by atoms with Gasteiger partial charge >= 0.3 is 5.97 Å². The van der Waals surface area contributed by atoms with Gasteiger partial charge in [-0.05, 0) is 24.3 Å². The maximum Gasteiger partial charge on any atom is 0.305 e. The maximum absolute atomic E-state index is 11.2. The van der Waals surface area contributed by atoms with Crippen LogP contribution < -0.4 is 15.5 Å². The molecule has 0 bridgehead atoms. The maximum atomic E-state index is 11.2. The number of thiazole rings is 1. The minimum Gasteiger partial charge on any atom is -0.469 e. The predicted molar refractivity (Wildman–Crippen MR) is 104 cm³/mol. The van der Waals surface area contributed by atoms with Crippen LogP contribution >= 0.6 is 11.3 Å². The van der Waals surface area contributed by atoms with E-state index in [0.717, 1.165) is 48.3 Å². The van der Waals surface area contributed by atoms with E-state index in [-0.39, 0.29) is 11.8 Å². The van der Waals surface area contributed by atoms with Crippen molar-refractivity contribution in [2.75, 3.05) is 43.1 Å². The monoisotopic (exact) mass is 373 g/mol. The first kappa shape index (κ1) is 18.2. The fourth-order valence-electron chi connectivity index (χ4n) is 2.90. The molecule has 0 saturated carbocycles. The standard InChI is InChI=1S/C18H23N5O2S/c1-25-16(24)7-4-14-12-26-18(21-14)23-10-8-22(9-11-23)15-5-2-13(3-6-15)17(19)20/h2-3,5-6,12H,4,7-11H2,1H3,(H3,19,20). The highest BCUT2D eigenvalue weighted by atomic mass is 32.1. The van der Waals surface area contributed by atoms with Gasteiger partial charge in [0.25, 0.3) is 0 Å². The van der Waals surface area contributed by atoms with E-state index in [1.807, 2.05) is 29.6 Å². The molecule has 1 aromatic carbocycles. The molecule has 1 saturated heterocycles. The number of aryl methyl sites for hydroxylation is 1. The first-order valence-corrected chi connectivity index (χ1v) is 9.40. The summed E-state index contributed by atoms with van der Waals surface area (Å²) in [7, 11) is 1.40. The van der Waals surface area contributed by atoms with Crippen molar-refractivity contribution < 1.29 is 9.53 Å². The summed E-state index contributed by atoms with van der Waals surface area (Å²) in [6, 6.07) is 7.80. The molecule has 0 amide bonds. The molecule has 0 atom stereocenters. The van der Waals surface area contributed by atoms with Crippen LogP contribution in [0.4, 0.5) is 10.8 Å². The van der Waals surface area contributed by atoms with E-state index in [1.54, 1.807) is 11.3 Å². The Morgan fingerprint density at radius 2 is 1.88 bits per heavy atom. The van der Waals surface area contributed by atoms with E-state index in [9.17, 15) is 4.79 Å². The van der Waals surface area contributed by atoms with Crippen LogP contribution in [0.5, 0.6) is 0 Å². The van der Waals surface area contributed by atoms with Gasteiger partial charge in [0.2, 0.25) is 0 Å². The summed E-state index contributed by atoms with van der Waals surface area (Å²) in [5, 5.41) is 10.5. The van der Waals surface area contributed by atoms with Crippen molar-refractivity contribution in [2.24, 2.45) is 5.73 Å². The Kier molecular flexibility index (Phi) is 5.72. The molecule has 1 aliphatic heterocycles. The summed E-state index contributed by atoms with van der Waals surface area (Å²) in [6.07, 6.45) is 0.981. The Hall–Kier alpha value is -2.61. The molecule has 8 heteroatoms. The predicted octanol–water partition coefficient (Wildman–Crippen LogP) is 1.86. The molecule has 26 heavy (non-hydrogen) atoms. The SMILES string of the molecule is COC(=O)CCc1csc(N2CCN(c3ccc(C(=N)N)cc3)CC2)n1. The number of methoxy groups -OCH3 is 1. The Balaban J connectivity index is 1.54. The van der Waals surface area contributed by atoms with Crippen molar-refractivity contribution in [1.29, 1.82) is 5.41 Å². The van der Waals surface area contributed by atoms with E-state index < -0.39 is 0 Å². The van der Waals surface area contributed by atoms with Crippen molar-refractivity contribution in [3.63, 3.8) is 0 Å². The third-order valence-corrected chi connectivity index (χ3v) is 5.40. The number of hydrogen-bond acceptors (Lipinski definition) is 7. The molecule has 0 aliphatic carbocycles. The Morgan fingerprint density at radius 1 is 1.23 bits per heavy atom. The van der Waals surface area contributed by atoms with Gasteiger partial charge in [0.1, 0.15) is 5.84 Å². The number of nitrogens with one attached hydrogen (secondary N) is 1. The molecular weight excluding hydrogens is 350 g/mol. The number of esters is 1. The lowest BCUT2D eigenvalue weighted by molar-refractivity contribution is -0.140. The van der Waals surface area contributed by atoms with Gasteiger partial charge in [0, 0.05) is 49.2 Å². The topological polar surface area (TPSA) is 95.5 Å². The summed E-state index contributed by atoms with van der Waals surface area (Å²) < 4.78 is 4.67. The first-order chi connectivity index (χ1) is 12.6. The number of anilines is 2. The largest absolute Gasteiger partial charge is 0.469 e. The minimum absolute atomic E-state index is 0.0909. The van der Waals surface area contributed by atoms with E-state index in [4.69, 9.17) is 11.1 Å². The molecule has 3 rings (SSSR count). The Bertz CT molecular complexity index is 766. The van der Waals surface area contributed by atoms with Crippen LogP contribution in [0.25, 0.3) is 0 Å². The number of carbonyl (C=O) groups excluding carboxylic acids is 1. The van der Waals surface area contributed by atoms with Crippen molar-refractivity contribution >= 4 is 34.0 Å². The molecule has 0 spiro atoms. The number of benzene rings is 1. The number of amidine groups is 1. The second-order valence-electron chi connectivity index (χ2n) is 6.13. The van der Waals surface area contributed by atoms with Crippen molar-refractivity contribution in [2.45, 2.75) is 12.8 Å². The number of carbonyl (C=O) groups is 1. The summed E-state index contributed by atoms with van der Waals surface area (Å²) >= 11 is 1.62. The number of hydrogen-bond donors (Lipinski definition) is 2. The number of nitrogens with two attached hydrogens (primary N) is 1. The average Bonchev–Trinajstić information content (AvgIpc) is 3.15. The van der Waals surface area contributed by atoms with Crippen molar-refractivity contribution in [1.82, 2.24) is 4.98 Å². The zero-order valence-electron chi connectivity index (χ0n) is 14.8. The van der Waals surface area contributed by atoms with Gasteiger partial charge in [-0.2, -0.15) is 0 Å².